The van der Waals surface area contributed by atoms with Gasteiger partial charge in [0.05, 0.1) is 17.9 Å². The molecule has 0 aliphatic rings. The van der Waals surface area contributed by atoms with Crippen LogP contribution in [-0.4, -0.2) is 25.5 Å². The van der Waals surface area contributed by atoms with Crippen LogP contribution in [0.1, 0.15) is 15.9 Å². The molecule has 3 N–H and O–H groups in total. The molecule has 5 rings (SSSR count). The average molecular weight is 522 g/mol. The summed E-state index contributed by atoms with van der Waals surface area (Å²) in [6, 6.07) is 31.0. The van der Waals surface area contributed by atoms with E-state index >= 15 is 0 Å². The van der Waals surface area contributed by atoms with Gasteiger partial charge in [0.1, 0.15) is 30.3 Å². The van der Waals surface area contributed by atoms with Crippen LogP contribution in [-0.2, 0) is 11.4 Å². The molecule has 196 valence electrons. The second-order valence-corrected chi connectivity index (χ2v) is 8.77. The van der Waals surface area contributed by atoms with Crippen molar-refractivity contribution in [2.45, 2.75) is 6.61 Å². The third kappa shape index (κ3) is 6.37. The highest BCUT2D eigenvalue weighted by molar-refractivity contribution is 6.05. The van der Waals surface area contributed by atoms with Crippen LogP contribution in [0, 0.1) is 0 Å². The van der Waals surface area contributed by atoms with E-state index < -0.39 is 0 Å². The zero-order chi connectivity index (χ0) is 27.0. The smallest absolute Gasteiger partial charge is 0.255 e. The normalized spacial score (nSPS) is 10.7. The average Bonchev–Trinajstić information content (AvgIpc) is 3.39. The number of nitrogens with one attached hydrogen (secondary N) is 1. The highest BCUT2D eigenvalue weighted by Gasteiger charge is 2.13. The lowest BCUT2D eigenvalue weighted by atomic mass is 10.2. The highest BCUT2D eigenvalue weighted by atomic mass is 16.5. The lowest BCUT2D eigenvalue weighted by Gasteiger charge is -2.14. The Morgan fingerprint density at radius 3 is 2.38 bits per heavy atom. The third-order valence-corrected chi connectivity index (χ3v) is 6.05. The quantitative estimate of drug-likeness (QED) is 0.166. The van der Waals surface area contributed by atoms with E-state index in [1.807, 2.05) is 54.6 Å². The standard InChI is InChI=1S/C31H27N3O5/c32-27-8-4-5-9-28(27)33-31(36)23-11-13-26(14-12-23)37-17-16-34(21-35)30-19-24-18-22(10-15-29(24)39-30)20-38-25-6-2-1-3-7-25/h1-15,18-19,21H,16-17,20,32H2,(H,33,36). The summed E-state index contributed by atoms with van der Waals surface area (Å²) in [5.41, 5.74) is 9.07. The second kappa shape index (κ2) is 11.9. The first-order valence-electron chi connectivity index (χ1n) is 12.4. The first-order valence-corrected chi connectivity index (χ1v) is 12.4. The van der Waals surface area contributed by atoms with E-state index in [0.29, 0.717) is 47.2 Å². The summed E-state index contributed by atoms with van der Waals surface area (Å²) in [5.74, 6) is 1.53. The van der Waals surface area contributed by atoms with Gasteiger partial charge in [0, 0.05) is 17.0 Å². The summed E-state index contributed by atoms with van der Waals surface area (Å²) in [6.07, 6.45) is 0.712. The number of anilines is 3. The Balaban J connectivity index is 1.15. The summed E-state index contributed by atoms with van der Waals surface area (Å²) in [6.45, 7) is 0.938. The summed E-state index contributed by atoms with van der Waals surface area (Å²) in [4.78, 5) is 25.7. The van der Waals surface area contributed by atoms with Gasteiger partial charge in [-0.2, -0.15) is 0 Å². The van der Waals surface area contributed by atoms with Gasteiger partial charge in [-0.1, -0.05) is 36.4 Å². The van der Waals surface area contributed by atoms with Crippen molar-refractivity contribution in [3.63, 3.8) is 0 Å². The van der Waals surface area contributed by atoms with Crippen LogP contribution in [0.5, 0.6) is 11.5 Å². The predicted octanol–water partition coefficient (Wildman–Crippen LogP) is 5.89. The van der Waals surface area contributed by atoms with Crippen molar-refractivity contribution in [1.29, 1.82) is 0 Å². The van der Waals surface area contributed by atoms with Crippen LogP contribution in [0.3, 0.4) is 0 Å². The molecule has 0 radical (unpaired) electrons. The molecule has 5 aromatic rings. The maximum atomic E-state index is 12.5. The van der Waals surface area contributed by atoms with Crippen LogP contribution in [0.4, 0.5) is 17.3 Å². The number of hydrogen-bond acceptors (Lipinski definition) is 6. The molecule has 1 aromatic heterocycles. The van der Waals surface area contributed by atoms with Crippen LogP contribution >= 0.6 is 0 Å². The number of furan rings is 1. The van der Waals surface area contributed by atoms with Gasteiger partial charge in [0.2, 0.25) is 12.3 Å². The fourth-order valence-electron chi connectivity index (χ4n) is 3.98. The Morgan fingerprint density at radius 1 is 0.872 bits per heavy atom. The van der Waals surface area contributed by atoms with Crippen LogP contribution in [0.15, 0.2) is 108 Å². The molecule has 0 atom stereocenters. The largest absolute Gasteiger partial charge is 0.492 e. The SMILES string of the molecule is Nc1ccccc1NC(=O)c1ccc(OCCN(C=O)c2cc3cc(COc4ccccc4)ccc3o2)cc1. The minimum Gasteiger partial charge on any atom is -0.492 e. The highest BCUT2D eigenvalue weighted by Crippen LogP contribution is 2.27. The van der Waals surface area contributed by atoms with Crippen molar-refractivity contribution >= 4 is 40.5 Å². The number of hydrogen-bond donors (Lipinski definition) is 2. The van der Waals surface area contributed by atoms with Gasteiger partial charge in [-0.15, -0.1) is 0 Å². The summed E-state index contributed by atoms with van der Waals surface area (Å²) >= 11 is 0. The maximum Gasteiger partial charge on any atom is 0.255 e. The predicted molar refractivity (Wildman–Crippen MR) is 151 cm³/mol. The first-order chi connectivity index (χ1) is 19.1. The molecule has 8 heteroatoms. The summed E-state index contributed by atoms with van der Waals surface area (Å²) in [5, 5.41) is 3.66. The van der Waals surface area contributed by atoms with Crippen LogP contribution in [0.2, 0.25) is 0 Å². The summed E-state index contributed by atoms with van der Waals surface area (Å²) in [7, 11) is 0. The number of ether oxygens (including phenoxy) is 2. The number of nitrogen functional groups attached to an aromatic ring is 1. The van der Waals surface area contributed by atoms with Crippen molar-refractivity contribution in [2.24, 2.45) is 0 Å². The number of nitrogens with zero attached hydrogens (tertiary/aromatic N) is 1. The third-order valence-electron chi connectivity index (χ3n) is 6.05. The fourth-order valence-corrected chi connectivity index (χ4v) is 3.98. The number of benzene rings is 4. The van der Waals surface area contributed by atoms with Gasteiger partial charge in [0.15, 0.2) is 0 Å². The molecule has 8 nitrogen and oxygen atoms in total. The van der Waals surface area contributed by atoms with Gasteiger partial charge in [-0.3, -0.25) is 14.5 Å². The lowest BCUT2D eigenvalue weighted by molar-refractivity contribution is -0.107. The van der Waals surface area contributed by atoms with Crippen molar-refractivity contribution in [2.75, 3.05) is 29.1 Å². The Morgan fingerprint density at radius 2 is 1.62 bits per heavy atom. The fraction of sp³-hybridized carbons (Fsp3) is 0.0968. The van der Waals surface area contributed by atoms with Gasteiger partial charge in [-0.05, 0) is 66.2 Å². The Kier molecular flexibility index (Phi) is 7.73. The molecule has 0 aliphatic carbocycles. The molecule has 0 saturated carbocycles. The molecule has 2 amide bonds. The number of rotatable bonds is 11. The van der Waals surface area contributed by atoms with E-state index in [4.69, 9.17) is 19.6 Å². The Hall–Kier alpha value is -5.24. The molecular weight excluding hydrogens is 494 g/mol. The number of nitrogens with two attached hydrogens (primary N) is 1. The lowest BCUT2D eigenvalue weighted by Crippen LogP contribution is -2.26. The molecule has 0 unspecified atom stereocenters. The summed E-state index contributed by atoms with van der Waals surface area (Å²) < 4.78 is 17.5. The van der Waals surface area contributed by atoms with Gasteiger partial charge < -0.3 is 24.9 Å². The van der Waals surface area contributed by atoms with E-state index in [9.17, 15) is 9.59 Å². The number of carbonyl (C=O) groups is 2. The van der Waals surface area contributed by atoms with Crippen molar-refractivity contribution in [3.05, 3.63) is 114 Å². The number of carbonyl (C=O) groups excluding carboxylic acids is 2. The van der Waals surface area contributed by atoms with Crippen molar-refractivity contribution < 1.29 is 23.5 Å². The van der Waals surface area contributed by atoms with E-state index in [1.165, 1.54) is 4.90 Å². The molecule has 0 saturated heterocycles. The molecule has 1 heterocycles. The molecular formula is C31H27N3O5. The van der Waals surface area contributed by atoms with Crippen molar-refractivity contribution in [1.82, 2.24) is 0 Å². The van der Waals surface area contributed by atoms with E-state index in [1.54, 1.807) is 48.5 Å². The van der Waals surface area contributed by atoms with Crippen LogP contribution < -0.4 is 25.4 Å². The molecule has 0 bridgehead atoms. The van der Waals surface area contributed by atoms with Crippen LogP contribution in [0.25, 0.3) is 11.0 Å². The monoisotopic (exact) mass is 521 g/mol. The maximum absolute atomic E-state index is 12.5. The zero-order valence-corrected chi connectivity index (χ0v) is 21.1. The zero-order valence-electron chi connectivity index (χ0n) is 21.1. The Labute approximate surface area is 225 Å². The van der Waals surface area contributed by atoms with E-state index in [2.05, 4.69) is 5.32 Å². The number of para-hydroxylation sites is 3. The second-order valence-electron chi connectivity index (χ2n) is 8.77. The minimum absolute atomic E-state index is 0.234. The molecule has 39 heavy (non-hydrogen) atoms. The molecule has 0 spiro atoms. The van der Waals surface area contributed by atoms with Gasteiger partial charge >= 0.3 is 0 Å². The molecule has 4 aromatic carbocycles. The van der Waals surface area contributed by atoms with Gasteiger partial charge in [-0.25, -0.2) is 0 Å². The Bertz CT molecular complexity index is 1560. The van der Waals surface area contributed by atoms with Gasteiger partial charge in [0.25, 0.3) is 5.91 Å². The van der Waals surface area contributed by atoms with E-state index in [0.717, 1.165) is 16.7 Å². The van der Waals surface area contributed by atoms with E-state index in [-0.39, 0.29) is 19.1 Å². The molecule has 0 fully saturated rings. The topological polar surface area (TPSA) is 107 Å². The molecule has 0 aliphatic heterocycles. The number of amides is 2. The van der Waals surface area contributed by atoms with Crippen molar-refractivity contribution in [3.8, 4) is 11.5 Å². The number of fused-ring (bicyclic) bond motifs is 1. The minimum atomic E-state index is -0.272. The first kappa shape index (κ1) is 25.4.